The topological polar surface area (TPSA) is 90.7 Å². The van der Waals surface area contributed by atoms with Crippen LogP contribution in [0, 0.1) is 11.8 Å². The molecule has 4 aromatic rings. The lowest BCUT2D eigenvalue weighted by Gasteiger charge is -2.29. The molecule has 2 radical (unpaired) electrons. The van der Waals surface area contributed by atoms with Gasteiger partial charge in [-0.1, -0.05) is 31.8 Å². The summed E-state index contributed by atoms with van der Waals surface area (Å²) in [5, 5.41) is 6.58. The normalized spacial score (nSPS) is 20.2. The van der Waals surface area contributed by atoms with Crippen molar-refractivity contribution >= 4 is 50.3 Å². The van der Waals surface area contributed by atoms with Crippen molar-refractivity contribution in [2.45, 2.75) is 50.1 Å². The highest BCUT2D eigenvalue weighted by Crippen LogP contribution is 2.38. The molecule has 184 valence electrons. The van der Waals surface area contributed by atoms with Gasteiger partial charge in [0.05, 0.1) is 36.6 Å². The van der Waals surface area contributed by atoms with Crippen LogP contribution in [0.3, 0.4) is 0 Å². The van der Waals surface area contributed by atoms with Gasteiger partial charge in [-0.2, -0.15) is 5.10 Å². The Morgan fingerprint density at radius 1 is 1.24 bits per heavy atom. The summed E-state index contributed by atoms with van der Waals surface area (Å²) in [6.45, 7) is 10.7. The number of nitrogens with two attached hydrogens (primary N) is 1. The largest absolute Gasteiger partial charge is 0.383 e. The number of hydrogen-bond acceptors (Lipinski definition) is 6. The van der Waals surface area contributed by atoms with Crippen molar-refractivity contribution in [2.75, 3.05) is 12.3 Å². The van der Waals surface area contributed by atoms with Crippen molar-refractivity contribution in [1.82, 2.24) is 34.2 Å². The van der Waals surface area contributed by atoms with Gasteiger partial charge in [0.15, 0.2) is 5.65 Å². The summed E-state index contributed by atoms with van der Waals surface area (Å²) in [6, 6.07) is 4.88. The fraction of sp³-hybridized carbons (Fsp3) is 0.333. The van der Waals surface area contributed by atoms with Crippen LogP contribution in [0.4, 0.5) is 5.82 Å². The first-order chi connectivity index (χ1) is 17.9. The first kappa shape index (κ1) is 23.8. The van der Waals surface area contributed by atoms with Gasteiger partial charge in [0, 0.05) is 29.9 Å². The molecule has 2 aliphatic rings. The zero-order valence-corrected chi connectivity index (χ0v) is 22.0. The zero-order valence-electron chi connectivity index (χ0n) is 20.8. The second-order valence-electron chi connectivity index (χ2n) is 9.98. The third kappa shape index (κ3) is 4.10. The van der Waals surface area contributed by atoms with Gasteiger partial charge >= 0.3 is 0 Å². The molecule has 2 fully saturated rings. The van der Waals surface area contributed by atoms with Crippen LogP contribution in [0.15, 0.2) is 49.7 Å². The second-order valence-corrected chi connectivity index (χ2v) is 10.6. The number of aromatic nitrogens is 6. The van der Waals surface area contributed by atoms with Gasteiger partial charge in [0.25, 0.3) is 0 Å². The average Bonchev–Trinajstić information content (AvgIpc) is 3.32. The minimum absolute atomic E-state index is 0.0279. The molecule has 6 rings (SSSR count). The number of benzene rings is 1. The predicted octanol–water partition coefficient (Wildman–Crippen LogP) is 3.29. The van der Waals surface area contributed by atoms with Crippen LogP contribution < -0.4 is 11.0 Å². The molecule has 1 aliphatic carbocycles. The lowest BCUT2D eigenvalue weighted by atomic mass is 9.81. The number of nitrogens with zero attached hydrogens (tertiary/aromatic N) is 7. The smallest absolute Gasteiger partial charge is 0.164 e. The van der Waals surface area contributed by atoms with E-state index in [4.69, 9.17) is 18.7 Å². The molecule has 0 amide bonds. The third-order valence-electron chi connectivity index (χ3n) is 7.40. The number of fused-ring (bicyclic) bond motifs is 2. The summed E-state index contributed by atoms with van der Waals surface area (Å²) in [6.07, 6.45) is 8.39. The highest BCUT2D eigenvalue weighted by Gasteiger charge is 2.36. The van der Waals surface area contributed by atoms with Crippen molar-refractivity contribution in [3.63, 3.8) is 0 Å². The van der Waals surface area contributed by atoms with Crippen LogP contribution in [0.2, 0.25) is 5.82 Å². The Hall–Kier alpha value is -3.63. The molecule has 1 aromatic carbocycles. The van der Waals surface area contributed by atoms with Gasteiger partial charge in [-0.05, 0) is 48.7 Å². The second kappa shape index (κ2) is 9.04. The number of likely N-dealkylation sites (tertiary alicyclic amines) is 1. The van der Waals surface area contributed by atoms with Crippen LogP contribution in [-0.2, 0) is 0 Å². The van der Waals surface area contributed by atoms with E-state index in [9.17, 15) is 0 Å². The highest BCUT2D eigenvalue weighted by atomic mass is 31.0. The fourth-order valence-corrected chi connectivity index (χ4v) is 5.59. The zero-order chi connectivity index (χ0) is 25.8. The molecule has 4 heterocycles. The fourth-order valence-electron chi connectivity index (χ4n) is 5.27. The average molecular weight is 506 g/mol. The summed E-state index contributed by atoms with van der Waals surface area (Å²) in [7, 11) is 9.12. The minimum Gasteiger partial charge on any atom is -0.383 e. The Morgan fingerprint density at radius 2 is 2.05 bits per heavy atom. The third-order valence-corrected chi connectivity index (χ3v) is 7.88. The van der Waals surface area contributed by atoms with Crippen LogP contribution in [0.25, 0.3) is 22.1 Å². The molecule has 37 heavy (non-hydrogen) atoms. The van der Waals surface area contributed by atoms with Gasteiger partial charge in [-0.15, -0.1) is 9.24 Å². The number of imidazole rings is 1. The Balaban J connectivity index is 1.40. The minimum atomic E-state index is -0.0405. The summed E-state index contributed by atoms with van der Waals surface area (Å²) >= 11 is 0. The van der Waals surface area contributed by atoms with Gasteiger partial charge in [-0.25, -0.2) is 19.6 Å². The van der Waals surface area contributed by atoms with Gasteiger partial charge in [-0.3, -0.25) is 0 Å². The maximum atomic E-state index is 6.33. The number of nitrogen functional groups attached to an aromatic ring is 1. The molecule has 10 heteroatoms. The summed E-state index contributed by atoms with van der Waals surface area (Å²) < 4.78 is 4.18. The molecule has 0 spiro atoms. The Kier molecular flexibility index (Phi) is 5.80. The van der Waals surface area contributed by atoms with Crippen molar-refractivity contribution in [3.05, 3.63) is 61.0 Å². The molecule has 1 aliphatic heterocycles. The van der Waals surface area contributed by atoms with Crippen LogP contribution in [-0.4, -0.2) is 54.6 Å². The molecule has 2 N–H and O–H groups in total. The van der Waals surface area contributed by atoms with E-state index in [1.807, 2.05) is 24.0 Å². The lowest BCUT2D eigenvalue weighted by molar-refractivity contribution is 0.320. The molecule has 3 aromatic heterocycles. The van der Waals surface area contributed by atoms with Crippen LogP contribution in [0.5, 0.6) is 0 Å². The molecule has 8 nitrogen and oxygen atoms in total. The van der Waals surface area contributed by atoms with E-state index in [1.54, 1.807) is 6.08 Å². The maximum absolute atomic E-state index is 6.33. The predicted molar refractivity (Wildman–Crippen MR) is 152 cm³/mol. The SMILES string of the molecule is [B]C(C)C1C[C@H](n2nc(C#Cc3cc4ncn(C5CC5)c4cc3P)c3c(N)ncnc32)CN1C(=C)C=C. The Labute approximate surface area is 219 Å². The number of hydrogen-bond donors (Lipinski definition) is 1. The van der Waals surface area contributed by atoms with Gasteiger partial charge in [0.2, 0.25) is 0 Å². The number of anilines is 1. The Bertz CT molecular complexity index is 1620. The van der Waals surface area contributed by atoms with E-state index >= 15 is 0 Å². The highest BCUT2D eigenvalue weighted by molar-refractivity contribution is 7.27. The van der Waals surface area contributed by atoms with Crippen LogP contribution >= 0.6 is 9.24 Å². The molecular formula is C27H28BN8P. The van der Waals surface area contributed by atoms with Crippen molar-refractivity contribution in [2.24, 2.45) is 0 Å². The van der Waals surface area contributed by atoms with Crippen molar-refractivity contribution in [3.8, 4) is 11.8 Å². The van der Waals surface area contributed by atoms with E-state index < -0.39 is 0 Å². The molecular weight excluding hydrogens is 478 g/mol. The number of allylic oxidation sites excluding steroid dienone is 1. The lowest BCUT2D eigenvalue weighted by Crippen LogP contribution is -2.30. The van der Waals surface area contributed by atoms with Crippen molar-refractivity contribution < 1.29 is 0 Å². The van der Waals surface area contributed by atoms with E-state index in [0.29, 0.717) is 35.1 Å². The van der Waals surface area contributed by atoms with Gasteiger partial charge in [0.1, 0.15) is 17.8 Å². The summed E-state index contributed by atoms with van der Waals surface area (Å²) in [5.74, 6) is 6.87. The summed E-state index contributed by atoms with van der Waals surface area (Å²) in [4.78, 5) is 15.6. The van der Waals surface area contributed by atoms with E-state index in [-0.39, 0.29) is 17.9 Å². The standard InChI is InChI=1S/C27H28BN8P/c1-4-15(2)34-12-19(10-22(34)16(3)28)36-27-25(26(29)30-13-31-27)20(33-36)8-5-17-9-21-23(11-24(17)37)35(14-32-21)18-6-7-18/h4,9,11,13-14,16,18-19,22H,1-2,6-7,10,12,37H2,3H3,(H2,29,30,31)/t16?,19-,22?/m0/s1. The summed E-state index contributed by atoms with van der Waals surface area (Å²) in [5.41, 5.74) is 11.3. The molecule has 0 bridgehead atoms. The molecule has 1 saturated heterocycles. The molecule has 4 atom stereocenters. The van der Waals surface area contributed by atoms with E-state index in [0.717, 1.165) is 34.0 Å². The monoisotopic (exact) mass is 506 g/mol. The van der Waals surface area contributed by atoms with E-state index in [1.165, 1.54) is 19.2 Å². The maximum Gasteiger partial charge on any atom is 0.164 e. The van der Waals surface area contributed by atoms with Crippen molar-refractivity contribution in [1.29, 1.82) is 0 Å². The Morgan fingerprint density at radius 3 is 2.78 bits per heavy atom. The molecule has 1 saturated carbocycles. The van der Waals surface area contributed by atoms with Gasteiger partial charge < -0.3 is 15.2 Å². The molecule has 3 unspecified atom stereocenters. The first-order valence-electron chi connectivity index (χ1n) is 12.5. The quantitative estimate of drug-likeness (QED) is 0.193. The first-order valence-corrected chi connectivity index (χ1v) is 13.0. The van der Waals surface area contributed by atoms with Crippen LogP contribution in [0.1, 0.15) is 49.5 Å². The van der Waals surface area contributed by atoms with E-state index in [2.05, 4.69) is 64.7 Å². The number of rotatable bonds is 5.